The molecule has 0 aromatic heterocycles. The number of anilines is 2. The van der Waals surface area contributed by atoms with E-state index in [9.17, 15) is 4.79 Å². The maximum atomic E-state index is 12.0. The summed E-state index contributed by atoms with van der Waals surface area (Å²) < 4.78 is 5.17. The van der Waals surface area contributed by atoms with Gasteiger partial charge in [0, 0.05) is 10.0 Å². The van der Waals surface area contributed by atoms with Crippen molar-refractivity contribution in [3.05, 3.63) is 51.5 Å². The third-order valence-electron chi connectivity index (χ3n) is 2.81. The smallest absolute Gasteiger partial charge is 0.243 e. The third kappa shape index (κ3) is 4.44. The van der Waals surface area contributed by atoms with E-state index in [2.05, 4.69) is 10.6 Å². The van der Waals surface area contributed by atoms with Crippen molar-refractivity contribution in [2.24, 2.45) is 0 Å². The number of ether oxygens (including phenoxy) is 1. The lowest BCUT2D eigenvalue weighted by Gasteiger charge is -2.12. The van der Waals surface area contributed by atoms with Crippen LogP contribution in [0.3, 0.4) is 0 Å². The molecule has 0 aliphatic rings. The molecule has 0 fully saturated rings. The summed E-state index contributed by atoms with van der Waals surface area (Å²) in [5.41, 5.74) is 1.13. The number of hydrogen-bond donors (Lipinski definition) is 2. The molecular weight excluding hydrogens is 347 g/mol. The van der Waals surface area contributed by atoms with Gasteiger partial charge in [0.05, 0.1) is 30.1 Å². The molecule has 7 heteroatoms. The molecule has 0 heterocycles. The van der Waals surface area contributed by atoms with E-state index in [-0.39, 0.29) is 12.5 Å². The molecule has 116 valence electrons. The zero-order chi connectivity index (χ0) is 16.1. The first-order valence-electron chi connectivity index (χ1n) is 6.32. The zero-order valence-electron chi connectivity index (χ0n) is 11.6. The number of carbonyl (C=O) groups excluding carboxylic acids is 1. The van der Waals surface area contributed by atoms with E-state index >= 15 is 0 Å². The van der Waals surface area contributed by atoms with Gasteiger partial charge >= 0.3 is 0 Å². The number of benzene rings is 2. The van der Waals surface area contributed by atoms with Crippen LogP contribution >= 0.6 is 34.8 Å². The lowest BCUT2D eigenvalue weighted by atomic mass is 10.3. The van der Waals surface area contributed by atoms with Gasteiger partial charge in [0.25, 0.3) is 0 Å². The van der Waals surface area contributed by atoms with Gasteiger partial charge in [-0.15, -0.1) is 0 Å². The summed E-state index contributed by atoms with van der Waals surface area (Å²) in [4.78, 5) is 12.0. The second kappa shape index (κ2) is 7.58. The SMILES string of the molecule is COc1ccc(Cl)cc1NC(=O)CNc1ccc(Cl)cc1Cl. The Balaban J connectivity index is 2.00. The van der Waals surface area contributed by atoms with Crippen molar-refractivity contribution in [1.29, 1.82) is 0 Å². The van der Waals surface area contributed by atoms with E-state index in [4.69, 9.17) is 39.5 Å². The summed E-state index contributed by atoms with van der Waals surface area (Å²) in [6, 6.07) is 9.98. The van der Waals surface area contributed by atoms with Gasteiger partial charge in [-0.25, -0.2) is 0 Å². The van der Waals surface area contributed by atoms with Crippen LogP contribution < -0.4 is 15.4 Å². The molecule has 0 bridgehead atoms. The van der Waals surface area contributed by atoms with Crippen molar-refractivity contribution in [2.75, 3.05) is 24.3 Å². The maximum absolute atomic E-state index is 12.0. The third-order valence-corrected chi connectivity index (χ3v) is 3.59. The molecule has 22 heavy (non-hydrogen) atoms. The van der Waals surface area contributed by atoms with Gasteiger partial charge in [-0.3, -0.25) is 4.79 Å². The molecule has 0 saturated carbocycles. The molecule has 4 nitrogen and oxygen atoms in total. The van der Waals surface area contributed by atoms with Gasteiger partial charge in [-0.2, -0.15) is 0 Å². The van der Waals surface area contributed by atoms with Crippen molar-refractivity contribution in [3.8, 4) is 5.75 Å². The summed E-state index contributed by atoms with van der Waals surface area (Å²) >= 11 is 17.8. The van der Waals surface area contributed by atoms with Gasteiger partial charge in [0.1, 0.15) is 5.75 Å². The van der Waals surface area contributed by atoms with Gasteiger partial charge in [-0.1, -0.05) is 34.8 Å². The normalized spacial score (nSPS) is 10.2. The number of methoxy groups -OCH3 is 1. The number of rotatable bonds is 5. The van der Waals surface area contributed by atoms with E-state index in [1.54, 1.807) is 36.4 Å². The average Bonchev–Trinajstić information content (AvgIpc) is 2.46. The molecule has 2 rings (SSSR count). The fourth-order valence-corrected chi connectivity index (χ4v) is 2.43. The van der Waals surface area contributed by atoms with E-state index in [1.807, 2.05) is 0 Å². The second-order valence-corrected chi connectivity index (χ2v) is 5.65. The van der Waals surface area contributed by atoms with Crippen molar-refractivity contribution < 1.29 is 9.53 Å². The molecule has 0 aliphatic heterocycles. The predicted octanol–water partition coefficient (Wildman–Crippen LogP) is 4.71. The van der Waals surface area contributed by atoms with Crippen LogP contribution in [0.2, 0.25) is 15.1 Å². The van der Waals surface area contributed by atoms with Crippen LogP contribution in [0.25, 0.3) is 0 Å². The number of halogens is 3. The predicted molar refractivity (Wildman–Crippen MR) is 91.6 cm³/mol. The maximum Gasteiger partial charge on any atom is 0.243 e. The summed E-state index contributed by atoms with van der Waals surface area (Å²) in [7, 11) is 1.52. The molecule has 0 radical (unpaired) electrons. The molecule has 2 aromatic carbocycles. The number of carbonyl (C=O) groups is 1. The van der Waals surface area contributed by atoms with Crippen molar-refractivity contribution in [1.82, 2.24) is 0 Å². The van der Waals surface area contributed by atoms with Gasteiger partial charge in [0.15, 0.2) is 0 Å². The Labute approximate surface area is 143 Å². The number of hydrogen-bond acceptors (Lipinski definition) is 3. The first kappa shape index (κ1) is 16.7. The first-order valence-corrected chi connectivity index (χ1v) is 7.45. The Hall–Kier alpha value is -1.62. The minimum absolute atomic E-state index is 0.0387. The largest absolute Gasteiger partial charge is 0.495 e. The molecule has 2 N–H and O–H groups in total. The van der Waals surface area contributed by atoms with Crippen LogP contribution in [-0.4, -0.2) is 19.6 Å². The lowest BCUT2D eigenvalue weighted by molar-refractivity contribution is -0.114. The Kier molecular flexibility index (Phi) is 5.77. The van der Waals surface area contributed by atoms with E-state index in [0.717, 1.165) is 0 Å². The highest BCUT2D eigenvalue weighted by molar-refractivity contribution is 6.36. The molecule has 0 atom stereocenters. The average molecular weight is 360 g/mol. The molecule has 0 saturated heterocycles. The Bertz CT molecular complexity index is 692. The van der Waals surface area contributed by atoms with E-state index in [1.165, 1.54) is 7.11 Å². The number of amides is 1. The fraction of sp³-hybridized carbons (Fsp3) is 0.133. The number of nitrogens with one attached hydrogen (secondary N) is 2. The fourth-order valence-electron chi connectivity index (χ4n) is 1.78. The molecule has 0 unspecified atom stereocenters. The molecule has 2 aromatic rings. The second-order valence-electron chi connectivity index (χ2n) is 4.37. The molecular formula is C15H13Cl3N2O2. The van der Waals surface area contributed by atoms with E-state index in [0.29, 0.717) is 32.2 Å². The van der Waals surface area contributed by atoms with Gasteiger partial charge in [0.2, 0.25) is 5.91 Å². The lowest BCUT2D eigenvalue weighted by Crippen LogP contribution is -2.22. The minimum atomic E-state index is -0.258. The quantitative estimate of drug-likeness (QED) is 0.813. The van der Waals surface area contributed by atoms with Crippen molar-refractivity contribution in [2.45, 2.75) is 0 Å². The van der Waals surface area contributed by atoms with Crippen LogP contribution in [0.4, 0.5) is 11.4 Å². The summed E-state index contributed by atoms with van der Waals surface area (Å²) in [6.07, 6.45) is 0. The highest BCUT2D eigenvalue weighted by atomic mass is 35.5. The summed E-state index contributed by atoms with van der Waals surface area (Å²) in [5, 5.41) is 7.14. The van der Waals surface area contributed by atoms with Crippen LogP contribution in [0.15, 0.2) is 36.4 Å². The van der Waals surface area contributed by atoms with Gasteiger partial charge < -0.3 is 15.4 Å². The van der Waals surface area contributed by atoms with Crippen LogP contribution in [0.1, 0.15) is 0 Å². The Morgan fingerprint density at radius 2 is 1.73 bits per heavy atom. The molecule has 1 amide bonds. The van der Waals surface area contributed by atoms with Gasteiger partial charge in [-0.05, 0) is 36.4 Å². The summed E-state index contributed by atoms with van der Waals surface area (Å²) in [6.45, 7) is 0.0387. The molecule has 0 spiro atoms. The summed E-state index contributed by atoms with van der Waals surface area (Å²) in [5.74, 6) is 0.272. The first-order chi connectivity index (χ1) is 10.5. The minimum Gasteiger partial charge on any atom is -0.495 e. The van der Waals surface area contributed by atoms with Crippen LogP contribution in [0.5, 0.6) is 5.75 Å². The Morgan fingerprint density at radius 3 is 2.41 bits per heavy atom. The topological polar surface area (TPSA) is 50.4 Å². The van der Waals surface area contributed by atoms with Crippen LogP contribution in [0, 0.1) is 0 Å². The zero-order valence-corrected chi connectivity index (χ0v) is 13.9. The van der Waals surface area contributed by atoms with Crippen LogP contribution in [-0.2, 0) is 4.79 Å². The van der Waals surface area contributed by atoms with Crippen molar-refractivity contribution in [3.63, 3.8) is 0 Å². The highest BCUT2D eigenvalue weighted by Gasteiger charge is 2.09. The van der Waals surface area contributed by atoms with Crippen molar-refractivity contribution >= 4 is 52.1 Å². The highest BCUT2D eigenvalue weighted by Crippen LogP contribution is 2.28. The van der Waals surface area contributed by atoms with E-state index < -0.39 is 0 Å². The monoisotopic (exact) mass is 358 g/mol. The Morgan fingerprint density at radius 1 is 1.05 bits per heavy atom. The molecule has 0 aliphatic carbocycles. The standard InChI is InChI=1S/C15H13Cl3N2O2/c1-22-14-5-3-10(17)7-13(14)20-15(21)8-19-12-4-2-9(16)6-11(12)18/h2-7,19H,8H2,1H3,(H,20,21).